The molecule has 0 aliphatic carbocycles. The highest BCUT2D eigenvalue weighted by atomic mass is 79.9. The smallest absolute Gasteiger partial charge is 0.266 e. The molecule has 0 spiro atoms. The Hall–Kier alpha value is -2.38. The molecule has 1 N–H and O–H groups in total. The third kappa shape index (κ3) is 4.04. The van der Waals surface area contributed by atoms with Crippen LogP contribution in [0.4, 0.5) is 5.69 Å². The molecule has 2 aromatic rings. The van der Waals surface area contributed by atoms with Crippen molar-refractivity contribution in [3.63, 3.8) is 0 Å². The Morgan fingerprint density at radius 3 is 2.67 bits per heavy atom. The summed E-state index contributed by atoms with van der Waals surface area (Å²) in [5.41, 5.74) is 2.51. The number of aryl methyl sites for hydroxylation is 1. The fraction of sp³-hybridized carbons (Fsp3) is 0.0588. The zero-order valence-corrected chi connectivity index (χ0v) is 13.0. The Balaban J connectivity index is 2.24. The molecule has 0 unspecified atom stereocenters. The first-order valence-electron chi connectivity index (χ1n) is 6.34. The molecular weight excluding hydrogens is 328 g/mol. The monoisotopic (exact) mass is 340 g/mol. The van der Waals surface area contributed by atoms with Crippen LogP contribution in [0.5, 0.6) is 0 Å². The van der Waals surface area contributed by atoms with Crippen molar-refractivity contribution in [2.45, 2.75) is 6.92 Å². The summed E-state index contributed by atoms with van der Waals surface area (Å²) in [6.07, 6.45) is 1.57. The lowest BCUT2D eigenvalue weighted by molar-refractivity contribution is -0.112. The van der Waals surface area contributed by atoms with Crippen LogP contribution in [0.25, 0.3) is 6.08 Å². The third-order valence-electron chi connectivity index (χ3n) is 2.92. The lowest BCUT2D eigenvalue weighted by Crippen LogP contribution is -2.14. The van der Waals surface area contributed by atoms with Gasteiger partial charge in [-0.25, -0.2) is 0 Å². The molecule has 1 amide bonds. The van der Waals surface area contributed by atoms with Crippen molar-refractivity contribution >= 4 is 33.6 Å². The van der Waals surface area contributed by atoms with Crippen molar-refractivity contribution < 1.29 is 4.79 Å². The molecule has 21 heavy (non-hydrogen) atoms. The van der Waals surface area contributed by atoms with Gasteiger partial charge in [0, 0.05) is 10.2 Å². The number of rotatable bonds is 3. The first kappa shape index (κ1) is 15.0. The van der Waals surface area contributed by atoms with E-state index in [-0.39, 0.29) is 5.57 Å². The number of nitrogens with zero attached hydrogens (tertiary/aromatic N) is 1. The maximum Gasteiger partial charge on any atom is 0.266 e. The molecule has 104 valence electrons. The summed E-state index contributed by atoms with van der Waals surface area (Å²) in [5, 5.41) is 11.9. The van der Waals surface area contributed by atoms with Gasteiger partial charge in [-0.3, -0.25) is 4.79 Å². The summed E-state index contributed by atoms with van der Waals surface area (Å²) in [5.74, 6) is -0.410. The van der Waals surface area contributed by atoms with Gasteiger partial charge in [0.05, 0.1) is 0 Å². The first-order chi connectivity index (χ1) is 10.1. The standard InChI is InChI=1S/C17H13BrN2O/c1-12-5-2-3-8-16(12)20-17(21)14(11-19)9-13-6-4-7-15(18)10-13/h2-10H,1H3,(H,20,21)/b14-9+. The van der Waals surface area contributed by atoms with Crippen molar-refractivity contribution in [1.82, 2.24) is 0 Å². The molecule has 3 nitrogen and oxygen atoms in total. The number of amides is 1. The van der Waals surface area contributed by atoms with E-state index in [0.29, 0.717) is 5.69 Å². The number of halogens is 1. The Morgan fingerprint density at radius 1 is 1.24 bits per heavy atom. The van der Waals surface area contributed by atoms with Crippen LogP contribution in [0.1, 0.15) is 11.1 Å². The van der Waals surface area contributed by atoms with Crippen molar-refractivity contribution in [1.29, 1.82) is 5.26 Å². The van der Waals surface area contributed by atoms with E-state index in [1.54, 1.807) is 12.1 Å². The highest BCUT2D eigenvalue weighted by Crippen LogP contribution is 2.17. The molecule has 0 fully saturated rings. The molecule has 0 bridgehead atoms. The number of anilines is 1. The van der Waals surface area contributed by atoms with Crippen LogP contribution in [-0.2, 0) is 4.79 Å². The molecule has 0 saturated heterocycles. The third-order valence-corrected chi connectivity index (χ3v) is 3.41. The molecule has 2 aromatic carbocycles. The molecular formula is C17H13BrN2O. The second-order valence-corrected chi connectivity index (χ2v) is 5.41. The molecule has 2 rings (SSSR count). The normalized spacial score (nSPS) is 10.8. The van der Waals surface area contributed by atoms with Crippen molar-refractivity contribution in [3.8, 4) is 6.07 Å². The van der Waals surface area contributed by atoms with Gasteiger partial charge in [0.2, 0.25) is 0 Å². The fourth-order valence-corrected chi connectivity index (χ4v) is 2.23. The van der Waals surface area contributed by atoms with Crippen LogP contribution in [0.3, 0.4) is 0 Å². The number of hydrogen-bond acceptors (Lipinski definition) is 2. The number of benzene rings is 2. The highest BCUT2D eigenvalue weighted by molar-refractivity contribution is 9.10. The average molecular weight is 341 g/mol. The molecule has 0 aromatic heterocycles. The number of carbonyl (C=O) groups excluding carboxylic acids is 1. The molecule has 4 heteroatoms. The Labute approximate surface area is 132 Å². The van der Waals surface area contributed by atoms with Gasteiger partial charge >= 0.3 is 0 Å². The lowest BCUT2D eigenvalue weighted by Gasteiger charge is -2.07. The van der Waals surface area contributed by atoms with E-state index in [2.05, 4.69) is 21.2 Å². The minimum absolute atomic E-state index is 0.0661. The summed E-state index contributed by atoms with van der Waals surface area (Å²) in [4.78, 5) is 12.2. The van der Waals surface area contributed by atoms with Gasteiger partial charge in [0.1, 0.15) is 11.6 Å². The van der Waals surface area contributed by atoms with Gasteiger partial charge in [-0.15, -0.1) is 0 Å². The van der Waals surface area contributed by atoms with Crippen LogP contribution >= 0.6 is 15.9 Å². The SMILES string of the molecule is Cc1ccccc1NC(=O)/C(C#N)=C/c1cccc(Br)c1. The van der Waals surface area contributed by atoms with Gasteiger partial charge < -0.3 is 5.32 Å². The first-order valence-corrected chi connectivity index (χ1v) is 7.14. The summed E-state index contributed by atoms with van der Waals surface area (Å²) >= 11 is 3.36. The molecule has 0 aliphatic heterocycles. The van der Waals surface area contributed by atoms with E-state index >= 15 is 0 Å². The van der Waals surface area contributed by atoms with E-state index in [1.165, 1.54) is 0 Å². The van der Waals surface area contributed by atoms with Gasteiger partial charge in [-0.2, -0.15) is 5.26 Å². The van der Waals surface area contributed by atoms with Crippen LogP contribution in [0.15, 0.2) is 58.6 Å². The zero-order valence-electron chi connectivity index (χ0n) is 11.4. The van der Waals surface area contributed by atoms with Gasteiger partial charge in [-0.1, -0.05) is 46.3 Å². The average Bonchev–Trinajstić information content (AvgIpc) is 2.47. The predicted molar refractivity (Wildman–Crippen MR) is 87.5 cm³/mol. The van der Waals surface area contributed by atoms with Crippen LogP contribution in [-0.4, -0.2) is 5.91 Å². The number of para-hydroxylation sites is 1. The number of carbonyl (C=O) groups is 1. The summed E-state index contributed by atoms with van der Waals surface area (Å²) in [6, 6.07) is 16.8. The van der Waals surface area contributed by atoms with Crippen molar-refractivity contribution in [3.05, 3.63) is 69.7 Å². The van der Waals surface area contributed by atoms with Crippen LogP contribution in [0.2, 0.25) is 0 Å². The van der Waals surface area contributed by atoms with Gasteiger partial charge in [-0.05, 0) is 42.3 Å². The van der Waals surface area contributed by atoms with E-state index in [0.717, 1.165) is 15.6 Å². The predicted octanol–water partition coefficient (Wildman–Crippen LogP) is 4.30. The topological polar surface area (TPSA) is 52.9 Å². The summed E-state index contributed by atoms with van der Waals surface area (Å²) in [6.45, 7) is 1.90. The number of nitrogens with one attached hydrogen (secondary N) is 1. The van der Waals surface area contributed by atoms with Crippen LogP contribution < -0.4 is 5.32 Å². The Morgan fingerprint density at radius 2 is 2.00 bits per heavy atom. The lowest BCUT2D eigenvalue weighted by atomic mass is 10.1. The zero-order chi connectivity index (χ0) is 15.2. The van der Waals surface area contributed by atoms with E-state index in [9.17, 15) is 10.1 Å². The molecule has 0 atom stereocenters. The fourth-order valence-electron chi connectivity index (χ4n) is 1.81. The number of hydrogen-bond donors (Lipinski definition) is 1. The minimum Gasteiger partial charge on any atom is -0.321 e. The molecule has 0 saturated carbocycles. The maximum absolute atomic E-state index is 12.2. The van der Waals surface area contributed by atoms with E-state index < -0.39 is 5.91 Å². The van der Waals surface area contributed by atoms with Crippen molar-refractivity contribution in [2.75, 3.05) is 5.32 Å². The van der Waals surface area contributed by atoms with Gasteiger partial charge in [0.15, 0.2) is 0 Å². The Kier molecular flexibility index (Phi) is 4.91. The number of nitriles is 1. The van der Waals surface area contributed by atoms with Crippen molar-refractivity contribution in [2.24, 2.45) is 0 Å². The maximum atomic E-state index is 12.2. The summed E-state index contributed by atoms with van der Waals surface area (Å²) < 4.78 is 0.896. The van der Waals surface area contributed by atoms with Crippen LogP contribution in [0, 0.1) is 18.3 Å². The minimum atomic E-state index is -0.410. The molecule has 0 aliphatic rings. The van der Waals surface area contributed by atoms with E-state index in [4.69, 9.17) is 0 Å². The second kappa shape index (κ2) is 6.87. The largest absolute Gasteiger partial charge is 0.321 e. The highest BCUT2D eigenvalue weighted by Gasteiger charge is 2.10. The van der Waals surface area contributed by atoms with E-state index in [1.807, 2.05) is 55.5 Å². The Bertz CT molecular complexity index is 744. The molecule has 0 heterocycles. The second-order valence-electron chi connectivity index (χ2n) is 4.49. The van der Waals surface area contributed by atoms with Gasteiger partial charge in [0.25, 0.3) is 5.91 Å². The quantitative estimate of drug-likeness (QED) is 0.668. The summed E-state index contributed by atoms with van der Waals surface area (Å²) in [7, 11) is 0. The molecule has 0 radical (unpaired) electrons.